The average Bonchev–Trinajstić information content (AvgIpc) is 2.59. The number of ether oxygens (including phenoxy) is 1. The van der Waals surface area contributed by atoms with E-state index in [1.807, 2.05) is 0 Å². The lowest BCUT2D eigenvalue weighted by Crippen LogP contribution is -2.37. The van der Waals surface area contributed by atoms with Gasteiger partial charge in [-0.3, -0.25) is 9.10 Å². The highest BCUT2D eigenvalue weighted by molar-refractivity contribution is 7.92. The van der Waals surface area contributed by atoms with Gasteiger partial charge in [-0.1, -0.05) is 18.2 Å². The van der Waals surface area contributed by atoms with Crippen molar-refractivity contribution < 1.29 is 31.1 Å². The van der Waals surface area contributed by atoms with Gasteiger partial charge >= 0.3 is 6.18 Å². The number of amides is 1. The van der Waals surface area contributed by atoms with Crippen molar-refractivity contribution >= 4 is 27.3 Å². The summed E-state index contributed by atoms with van der Waals surface area (Å²) in [6.07, 6.45) is -3.82. The van der Waals surface area contributed by atoms with Crippen LogP contribution < -0.4 is 9.62 Å². The van der Waals surface area contributed by atoms with E-state index in [0.29, 0.717) is 22.7 Å². The molecule has 0 spiro atoms. The van der Waals surface area contributed by atoms with Crippen molar-refractivity contribution in [2.45, 2.75) is 12.8 Å². The second-order valence-corrected chi connectivity index (χ2v) is 7.91. The summed E-state index contributed by atoms with van der Waals surface area (Å²) < 4.78 is 68.5. The fraction of sp³-hybridized carbons (Fsp3) is 0.278. The highest BCUT2D eigenvalue weighted by atomic mass is 32.2. The molecule has 1 N–H and O–H groups in total. The molecule has 0 aliphatic carbocycles. The summed E-state index contributed by atoms with van der Waals surface area (Å²) in [5, 5.41) is 2.54. The predicted octanol–water partition coefficient (Wildman–Crippen LogP) is 3.26. The monoisotopic (exact) mass is 416 g/mol. The number of sulfonamides is 1. The van der Waals surface area contributed by atoms with Gasteiger partial charge in [-0.25, -0.2) is 8.42 Å². The van der Waals surface area contributed by atoms with Crippen molar-refractivity contribution in [3.05, 3.63) is 59.7 Å². The van der Waals surface area contributed by atoms with Gasteiger partial charge in [0.2, 0.25) is 15.9 Å². The van der Waals surface area contributed by atoms with Gasteiger partial charge in [-0.2, -0.15) is 13.2 Å². The number of alkyl halides is 3. The van der Waals surface area contributed by atoms with E-state index in [1.165, 1.54) is 13.2 Å². The van der Waals surface area contributed by atoms with Crippen LogP contribution in [-0.2, 0) is 32.3 Å². The van der Waals surface area contributed by atoms with Crippen LogP contribution in [-0.4, -0.2) is 34.2 Å². The molecule has 0 fully saturated rings. The summed E-state index contributed by atoms with van der Waals surface area (Å²) in [5.74, 6) is -0.697. The second kappa shape index (κ2) is 8.61. The average molecular weight is 416 g/mol. The summed E-state index contributed by atoms with van der Waals surface area (Å²) in [7, 11) is -2.48. The number of carbonyl (C=O) groups is 1. The summed E-state index contributed by atoms with van der Waals surface area (Å²) in [5.41, 5.74) is -0.0536. The minimum Gasteiger partial charge on any atom is -0.380 e. The van der Waals surface area contributed by atoms with Gasteiger partial charge in [-0.15, -0.1) is 0 Å². The van der Waals surface area contributed by atoms with Crippen LogP contribution in [0, 0.1) is 0 Å². The third-order valence-corrected chi connectivity index (χ3v) is 4.81. The van der Waals surface area contributed by atoms with Crippen molar-refractivity contribution in [2.24, 2.45) is 0 Å². The molecule has 0 heterocycles. The lowest BCUT2D eigenvalue weighted by atomic mass is 10.2. The van der Waals surface area contributed by atoms with Gasteiger partial charge in [0.15, 0.2) is 0 Å². The highest BCUT2D eigenvalue weighted by Crippen LogP contribution is 2.32. The van der Waals surface area contributed by atoms with Crippen LogP contribution in [0.25, 0.3) is 0 Å². The Morgan fingerprint density at radius 3 is 2.43 bits per heavy atom. The molecule has 0 atom stereocenters. The van der Waals surface area contributed by atoms with Gasteiger partial charge in [0.1, 0.15) is 6.54 Å². The van der Waals surface area contributed by atoms with Crippen LogP contribution in [0.5, 0.6) is 0 Å². The maximum Gasteiger partial charge on any atom is 0.416 e. The maximum atomic E-state index is 12.9. The Balaban J connectivity index is 2.24. The van der Waals surface area contributed by atoms with Crippen molar-refractivity contribution in [3.63, 3.8) is 0 Å². The third kappa shape index (κ3) is 5.96. The smallest absolute Gasteiger partial charge is 0.380 e. The van der Waals surface area contributed by atoms with Gasteiger partial charge in [0.05, 0.1) is 24.1 Å². The lowest BCUT2D eigenvalue weighted by Gasteiger charge is -2.23. The highest BCUT2D eigenvalue weighted by Gasteiger charge is 2.32. The summed E-state index contributed by atoms with van der Waals surface area (Å²) in [6, 6.07) is 10.5. The molecule has 0 saturated heterocycles. The normalized spacial score (nSPS) is 11.9. The number of hydrogen-bond donors (Lipinski definition) is 1. The van der Waals surface area contributed by atoms with Crippen molar-refractivity contribution in [1.29, 1.82) is 0 Å². The first-order valence-electron chi connectivity index (χ1n) is 8.03. The molecule has 1 amide bonds. The van der Waals surface area contributed by atoms with Crippen LogP contribution in [0.3, 0.4) is 0 Å². The quantitative estimate of drug-likeness (QED) is 0.752. The first-order chi connectivity index (χ1) is 13.0. The molecule has 152 valence electrons. The molecule has 0 radical (unpaired) electrons. The van der Waals surface area contributed by atoms with Crippen molar-refractivity contribution in [3.8, 4) is 0 Å². The molecule has 0 aliphatic rings. The summed E-state index contributed by atoms with van der Waals surface area (Å²) >= 11 is 0. The van der Waals surface area contributed by atoms with Gasteiger partial charge < -0.3 is 10.1 Å². The largest absolute Gasteiger partial charge is 0.416 e. The Kier molecular flexibility index (Phi) is 6.68. The molecule has 2 rings (SSSR count). The molecule has 28 heavy (non-hydrogen) atoms. The van der Waals surface area contributed by atoms with E-state index >= 15 is 0 Å². The van der Waals surface area contributed by atoms with Gasteiger partial charge in [-0.05, 0) is 35.9 Å². The van der Waals surface area contributed by atoms with E-state index < -0.39 is 34.2 Å². The summed E-state index contributed by atoms with van der Waals surface area (Å²) in [6.45, 7) is -0.349. The number of carbonyl (C=O) groups excluding carboxylic acids is 1. The molecule has 2 aromatic rings. The zero-order chi connectivity index (χ0) is 20.9. The molecule has 10 heteroatoms. The van der Waals surface area contributed by atoms with E-state index in [0.717, 1.165) is 24.0 Å². The standard InChI is InChI=1S/C18H19F3N2O4S/c1-27-12-13-5-3-7-15(9-13)22-17(24)11-23(28(2,25)26)16-8-4-6-14(10-16)18(19,20)21/h3-10H,11-12H2,1-2H3,(H,22,24). The first kappa shape index (κ1) is 21.7. The summed E-state index contributed by atoms with van der Waals surface area (Å²) in [4.78, 5) is 12.3. The molecule has 0 aliphatic heterocycles. The van der Waals surface area contributed by atoms with Gasteiger partial charge in [0.25, 0.3) is 0 Å². The Bertz CT molecular complexity index is 946. The number of hydrogen-bond acceptors (Lipinski definition) is 4. The molecular weight excluding hydrogens is 397 g/mol. The molecular formula is C18H19F3N2O4S. The van der Waals surface area contributed by atoms with E-state index in [-0.39, 0.29) is 5.69 Å². The number of halogens is 3. The fourth-order valence-corrected chi connectivity index (χ4v) is 3.32. The molecule has 0 aromatic heterocycles. The molecule has 0 saturated carbocycles. The van der Waals surface area contributed by atoms with Crippen molar-refractivity contribution in [2.75, 3.05) is 29.5 Å². The number of rotatable bonds is 7. The van der Waals surface area contributed by atoms with E-state index in [9.17, 15) is 26.4 Å². The zero-order valence-corrected chi connectivity index (χ0v) is 16.0. The minimum atomic E-state index is -4.64. The minimum absolute atomic E-state index is 0.249. The first-order valence-corrected chi connectivity index (χ1v) is 9.88. The van der Waals surface area contributed by atoms with Crippen LogP contribution in [0.4, 0.5) is 24.5 Å². The molecule has 0 unspecified atom stereocenters. The second-order valence-electron chi connectivity index (χ2n) is 6.00. The zero-order valence-electron chi connectivity index (χ0n) is 15.2. The van der Waals surface area contributed by atoms with Gasteiger partial charge in [0, 0.05) is 12.8 Å². The molecule has 0 bridgehead atoms. The van der Waals surface area contributed by atoms with Crippen LogP contribution in [0.2, 0.25) is 0 Å². The van der Waals surface area contributed by atoms with Crippen LogP contribution in [0.15, 0.2) is 48.5 Å². The van der Waals surface area contributed by atoms with Crippen molar-refractivity contribution in [1.82, 2.24) is 0 Å². The third-order valence-electron chi connectivity index (χ3n) is 3.67. The lowest BCUT2D eigenvalue weighted by molar-refractivity contribution is -0.137. The Hall–Kier alpha value is -2.59. The fourth-order valence-electron chi connectivity index (χ4n) is 2.47. The number of benzene rings is 2. The van der Waals surface area contributed by atoms with E-state index in [4.69, 9.17) is 4.74 Å². The van der Waals surface area contributed by atoms with E-state index in [1.54, 1.807) is 24.3 Å². The number of nitrogens with zero attached hydrogens (tertiary/aromatic N) is 1. The Morgan fingerprint density at radius 2 is 1.82 bits per heavy atom. The Morgan fingerprint density at radius 1 is 1.14 bits per heavy atom. The predicted molar refractivity (Wildman–Crippen MR) is 99.4 cm³/mol. The number of methoxy groups -OCH3 is 1. The number of anilines is 2. The van der Waals surface area contributed by atoms with E-state index in [2.05, 4.69) is 5.32 Å². The number of nitrogens with one attached hydrogen (secondary N) is 1. The molecule has 6 nitrogen and oxygen atoms in total. The van der Waals surface area contributed by atoms with Crippen LogP contribution in [0.1, 0.15) is 11.1 Å². The topological polar surface area (TPSA) is 75.7 Å². The van der Waals surface area contributed by atoms with Crippen LogP contribution >= 0.6 is 0 Å². The maximum absolute atomic E-state index is 12.9. The molecule has 2 aromatic carbocycles. The SMILES string of the molecule is COCc1cccc(NC(=O)CN(c2cccc(C(F)(F)F)c2)S(C)(=O)=O)c1. The Labute approximate surface area is 161 Å².